The number of fused-ring (bicyclic) bond motifs is 8. The normalized spacial score (nSPS) is 12.8. The van der Waals surface area contributed by atoms with Crippen LogP contribution in [-0.2, 0) is 6.42 Å². The maximum absolute atomic E-state index is 6.44. The average molecular weight is 773 g/mol. The van der Waals surface area contributed by atoms with Crippen molar-refractivity contribution in [3.63, 3.8) is 0 Å². The van der Waals surface area contributed by atoms with Crippen LogP contribution in [0.3, 0.4) is 0 Å². The molecule has 2 aliphatic heterocycles. The second kappa shape index (κ2) is 19.7. The van der Waals surface area contributed by atoms with Gasteiger partial charge in [0.25, 0.3) is 0 Å². The molecule has 2 N–H and O–H groups in total. The van der Waals surface area contributed by atoms with Crippen LogP contribution in [0, 0.1) is 0 Å². The third-order valence-electron chi connectivity index (χ3n) is 10.7. The Labute approximate surface area is 341 Å². The minimum absolute atomic E-state index is 0.635. The van der Waals surface area contributed by atoms with Gasteiger partial charge in [-0.1, -0.05) is 58.3 Å². The molecule has 4 aromatic rings. The molecule has 8 bridgehead atoms. The summed E-state index contributed by atoms with van der Waals surface area (Å²) in [5.41, 5.74) is 11.2. The summed E-state index contributed by atoms with van der Waals surface area (Å²) < 4.78 is 14.7. The highest BCUT2D eigenvalue weighted by Crippen LogP contribution is 2.36. The summed E-state index contributed by atoms with van der Waals surface area (Å²) in [6.45, 7) is 5.62. The summed E-state index contributed by atoms with van der Waals surface area (Å²) >= 11 is 0. The molecule has 5 heterocycles. The van der Waals surface area contributed by atoms with Gasteiger partial charge in [0.05, 0.1) is 91.4 Å². The highest BCUT2D eigenvalue weighted by Gasteiger charge is 2.16. The monoisotopic (exact) mass is 773 g/mol. The van der Waals surface area contributed by atoms with E-state index in [1.54, 1.807) is 0 Å². The van der Waals surface area contributed by atoms with Crippen molar-refractivity contribution in [1.29, 1.82) is 0 Å². The fourth-order valence-electron chi connectivity index (χ4n) is 7.65. The van der Waals surface area contributed by atoms with E-state index in [2.05, 4.69) is 132 Å². The first-order valence-electron chi connectivity index (χ1n) is 21.5. The highest BCUT2D eigenvalue weighted by atomic mass is 16.5. The lowest BCUT2D eigenvalue weighted by atomic mass is 10.0. The van der Waals surface area contributed by atoms with Gasteiger partial charge < -0.3 is 28.4 Å². The molecule has 0 atom stereocenters. The van der Waals surface area contributed by atoms with Gasteiger partial charge in [0.15, 0.2) is 0 Å². The van der Waals surface area contributed by atoms with Crippen molar-refractivity contribution in [3.05, 3.63) is 82.9 Å². The zero-order valence-electron chi connectivity index (χ0n) is 35.9. The first-order valence-corrected chi connectivity index (χ1v) is 21.5. The Kier molecular flexibility index (Phi) is 14.5. The van der Waals surface area contributed by atoms with Crippen LogP contribution in [0.2, 0.25) is 0 Å². The van der Waals surface area contributed by atoms with E-state index < -0.39 is 0 Å². The number of aromatic nitrogens is 4. The summed E-state index contributed by atoms with van der Waals surface area (Å²) in [6, 6.07) is 19.3. The molecule has 8 heteroatoms. The van der Waals surface area contributed by atoms with Gasteiger partial charge >= 0.3 is 0 Å². The van der Waals surface area contributed by atoms with Crippen LogP contribution in [0.4, 0.5) is 0 Å². The van der Waals surface area contributed by atoms with E-state index in [1.807, 2.05) is 6.07 Å². The fraction of sp³-hybridized carbons (Fsp3) is 0.469. The molecule has 304 valence electrons. The Hall–Kier alpha value is -4.66. The summed E-state index contributed by atoms with van der Waals surface area (Å²) in [6.07, 6.45) is 23.2. The predicted molar refractivity (Wildman–Crippen MR) is 241 cm³/mol. The lowest BCUT2D eigenvalue weighted by molar-refractivity contribution is -0.870. The molecule has 2 aliphatic rings. The SMILES string of the molecule is CCCCCCCCCCCc1c2nc(cc3nc(c(-c4cc(OCCC[N+](C)(C)C)cc(OCCC[N+](C)(C)C)c4)c4ccc(cc5ccc1[nH]5)[nH]4)C=C3)C=C2. The molecule has 0 saturated heterocycles. The number of rotatable bonds is 21. The molecule has 0 aliphatic carbocycles. The Morgan fingerprint density at radius 3 is 1.65 bits per heavy atom. The number of nitrogens with one attached hydrogen (secondary N) is 2. The van der Waals surface area contributed by atoms with Gasteiger partial charge in [0.2, 0.25) is 0 Å². The van der Waals surface area contributed by atoms with E-state index in [-0.39, 0.29) is 0 Å². The van der Waals surface area contributed by atoms with Crippen LogP contribution < -0.4 is 9.47 Å². The zero-order valence-corrected chi connectivity index (χ0v) is 35.9. The molecule has 0 unspecified atom stereocenters. The lowest BCUT2D eigenvalue weighted by Gasteiger charge is -2.24. The summed E-state index contributed by atoms with van der Waals surface area (Å²) in [5.74, 6) is 1.60. The van der Waals surface area contributed by atoms with Crippen molar-refractivity contribution >= 4 is 46.4 Å². The first kappa shape index (κ1) is 42.0. The molecule has 0 amide bonds. The average Bonchev–Trinajstić information content (AvgIpc) is 3.99. The van der Waals surface area contributed by atoms with Crippen LogP contribution in [0.1, 0.15) is 106 Å². The molecule has 0 saturated carbocycles. The van der Waals surface area contributed by atoms with Gasteiger partial charge in [-0.25, -0.2) is 9.97 Å². The van der Waals surface area contributed by atoms with Crippen molar-refractivity contribution in [2.45, 2.75) is 84.0 Å². The highest BCUT2D eigenvalue weighted by molar-refractivity contribution is 5.91. The molecule has 0 radical (unpaired) electrons. The zero-order chi connectivity index (χ0) is 40.3. The number of benzene rings is 1. The minimum atomic E-state index is 0.635. The molecular formula is C49H68N6O2+2. The standard InChI is InChI=1S/C49H68N6O2/c1-8-9-10-11-12-13-14-15-16-19-44-45-24-20-38(50-45)34-40-22-26-47(52-40)49(48-27-23-41(53-48)35-39-21-25-46(44)51-39)37-32-42(56-30-17-28-54(2,3)4)36-43(33-37)57-31-18-29-55(5,6)7/h20-27,32-36,50,52H,8-19,28-31H2,1-7H3/q+2. The van der Waals surface area contributed by atoms with E-state index in [0.29, 0.717) is 13.2 Å². The van der Waals surface area contributed by atoms with Gasteiger partial charge in [0, 0.05) is 52.1 Å². The van der Waals surface area contributed by atoms with Gasteiger partial charge in [-0.15, -0.1) is 0 Å². The molecule has 57 heavy (non-hydrogen) atoms. The van der Waals surface area contributed by atoms with Crippen molar-refractivity contribution in [2.75, 3.05) is 68.6 Å². The topological polar surface area (TPSA) is 75.8 Å². The minimum Gasteiger partial charge on any atom is -0.493 e. The van der Waals surface area contributed by atoms with E-state index in [0.717, 1.165) is 115 Å². The summed E-state index contributed by atoms with van der Waals surface area (Å²) in [7, 11) is 13.3. The third-order valence-corrected chi connectivity index (χ3v) is 10.7. The number of hydrogen-bond acceptors (Lipinski definition) is 4. The number of nitrogens with zero attached hydrogens (tertiary/aromatic N) is 4. The second-order valence-electron chi connectivity index (χ2n) is 18.0. The van der Waals surface area contributed by atoms with Gasteiger partial charge in [-0.3, -0.25) is 0 Å². The molecule has 3 aromatic heterocycles. The molecule has 1 aromatic carbocycles. The largest absolute Gasteiger partial charge is 0.493 e. The van der Waals surface area contributed by atoms with E-state index in [9.17, 15) is 0 Å². The van der Waals surface area contributed by atoms with Gasteiger partial charge in [-0.05, 0) is 91.2 Å². The van der Waals surface area contributed by atoms with Crippen molar-refractivity contribution in [1.82, 2.24) is 19.9 Å². The Morgan fingerprint density at radius 1 is 0.526 bits per heavy atom. The summed E-state index contributed by atoms with van der Waals surface area (Å²) in [5, 5.41) is 0. The molecule has 0 fully saturated rings. The number of quaternary nitrogens is 2. The Bertz CT molecular complexity index is 2120. The first-order chi connectivity index (χ1) is 27.4. The van der Waals surface area contributed by atoms with Crippen LogP contribution >= 0.6 is 0 Å². The Balaban J connectivity index is 1.36. The van der Waals surface area contributed by atoms with E-state index in [4.69, 9.17) is 19.4 Å². The van der Waals surface area contributed by atoms with Gasteiger partial charge in [0.1, 0.15) is 11.5 Å². The van der Waals surface area contributed by atoms with Gasteiger partial charge in [-0.2, -0.15) is 0 Å². The second-order valence-corrected chi connectivity index (χ2v) is 18.0. The van der Waals surface area contributed by atoms with Crippen molar-refractivity contribution in [3.8, 4) is 22.6 Å². The van der Waals surface area contributed by atoms with Crippen molar-refractivity contribution < 1.29 is 18.4 Å². The van der Waals surface area contributed by atoms with Crippen molar-refractivity contribution in [2.24, 2.45) is 0 Å². The number of aromatic amines is 2. The Morgan fingerprint density at radius 2 is 1.05 bits per heavy atom. The predicted octanol–water partition coefficient (Wildman–Crippen LogP) is 11.3. The van der Waals surface area contributed by atoms with E-state index in [1.165, 1.54) is 56.9 Å². The maximum atomic E-state index is 6.44. The molecular weight excluding hydrogens is 705 g/mol. The van der Waals surface area contributed by atoms with E-state index >= 15 is 0 Å². The fourth-order valence-corrected chi connectivity index (χ4v) is 7.65. The number of unbranched alkanes of at least 4 members (excludes halogenated alkanes) is 8. The molecule has 8 nitrogen and oxygen atoms in total. The summed E-state index contributed by atoms with van der Waals surface area (Å²) in [4.78, 5) is 17.8. The quantitative estimate of drug-likeness (QED) is 0.0564. The number of H-pyrrole nitrogens is 2. The smallest absolute Gasteiger partial charge is 0.123 e. The number of hydrogen-bond donors (Lipinski definition) is 2. The number of aryl methyl sites for hydroxylation is 1. The molecule has 0 spiro atoms. The third kappa shape index (κ3) is 12.9. The molecule has 6 rings (SSSR count). The number of ether oxygens (including phenoxy) is 2. The lowest BCUT2D eigenvalue weighted by Crippen LogP contribution is -2.36. The van der Waals surface area contributed by atoms with Crippen LogP contribution in [-0.4, -0.2) is 97.5 Å². The maximum Gasteiger partial charge on any atom is 0.123 e. The van der Waals surface area contributed by atoms with Crippen LogP contribution in [0.5, 0.6) is 11.5 Å². The van der Waals surface area contributed by atoms with Crippen LogP contribution in [0.15, 0.2) is 54.6 Å². The van der Waals surface area contributed by atoms with Crippen LogP contribution in [0.25, 0.3) is 57.5 Å².